The second-order valence-corrected chi connectivity index (χ2v) is 5.10. The number of ether oxygens (including phenoxy) is 1. The number of nitrogens with zero attached hydrogens (tertiary/aromatic N) is 1. The van der Waals surface area contributed by atoms with Crippen LogP contribution in [0.25, 0.3) is 0 Å². The SMILES string of the molecule is CCOC[C@@H]1CCN(C(=O)[C@H]2CCCCN2)C1. The van der Waals surface area contributed by atoms with Gasteiger partial charge in [-0.2, -0.15) is 0 Å². The van der Waals surface area contributed by atoms with Gasteiger partial charge in [-0.15, -0.1) is 0 Å². The number of amides is 1. The van der Waals surface area contributed by atoms with E-state index < -0.39 is 0 Å². The van der Waals surface area contributed by atoms with Gasteiger partial charge in [0.05, 0.1) is 12.6 Å². The van der Waals surface area contributed by atoms with Crippen molar-refractivity contribution in [2.24, 2.45) is 5.92 Å². The van der Waals surface area contributed by atoms with Crippen LogP contribution in [0.5, 0.6) is 0 Å². The highest BCUT2D eigenvalue weighted by molar-refractivity contribution is 5.82. The first-order valence-electron chi connectivity index (χ1n) is 6.91. The first kappa shape index (κ1) is 12.8. The Morgan fingerprint density at radius 1 is 1.41 bits per heavy atom. The molecule has 0 aromatic carbocycles. The van der Waals surface area contributed by atoms with E-state index in [4.69, 9.17) is 4.74 Å². The van der Waals surface area contributed by atoms with E-state index >= 15 is 0 Å². The summed E-state index contributed by atoms with van der Waals surface area (Å²) in [6.45, 7) is 6.38. The summed E-state index contributed by atoms with van der Waals surface area (Å²) in [6.07, 6.45) is 4.49. The maximum absolute atomic E-state index is 12.2. The predicted octanol–water partition coefficient (Wildman–Crippen LogP) is 1.01. The lowest BCUT2D eigenvalue weighted by molar-refractivity contribution is -0.133. The van der Waals surface area contributed by atoms with Crippen LogP contribution >= 0.6 is 0 Å². The Morgan fingerprint density at radius 2 is 2.29 bits per heavy atom. The Balaban J connectivity index is 1.76. The monoisotopic (exact) mass is 240 g/mol. The lowest BCUT2D eigenvalue weighted by atomic mass is 10.0. The fraction of sp³-hybridized carbons (Fsp3) is 0.923. The van der Waals surface area contributed by atoms with Gasteiger partial charge in [0.2, 0.25) is 5.91 Å². The minimum absolute atomic E-state index is 0.0783. The number of carbonyl (C=O) groups excluding carboxylic acids is 1. The lowest BCUT2D eigenvalue weighted by Gasteiger charge is -2.27. The van der Waals surface area contributed by atoms with Crippen LogP contribution in [0.1, 0.15) is 32.6 Å². The zero-order chi connectivity index (χ0) is 12.1. The van der Waals surface area contributed by atoms with E-state index in [1.165, 1.54) is 12.8 Å². The summed E-state index contributed by atoms with van der Waals surface area (Å²) in [4.78, 5) is 14.3. The zero-order valence-electron chi connectivity index (χ0n) is 10.8. The number of carbonyl (C=O) groups is 1. The molecular weight excluding hydrogens is 216 g/mol. The van der Waals surface area contributed by atoms with Crippen LogP contribution in [-0.4, -0.2) is 49.7 Å². The molecule has 2 aliphatic heterocycles. The molecule has 2 heterocycles. The van der Waals surface area contributed by atoms with Crippen LogP contribution in [-0.2, 0) is 9.53 Å². The maximum Gasteiger partial charge on any atom is 0.239 e. The minimum Gasteiger partial charge on any atom is -0.381 e. The normalized spacial score (nSPS) is 29.6. The Labute approximate surface area is 104 Å². The molecule has 0 radical (unpaired) electrons. The Morgan fingerprint density at radius 3 is 3.00 bits per heavy atom. The van der Waals surface area contributed by atoms with Gasteiger partial charge in [-0.3, -0.25) is 4.79 Å². The molecule has 0 aliphatic carbocycles. The highest BCUT2D eigenvalue weighted by atomic mass is 16.5. The number of hydrogen-bond acceptors (Lipinski definition) is 3. The first-order chi connectivity index (χ1) is 8.31. The molecule has 4 nitrogen and oxygen atoms in total. The number of likely N-dealkylation sites (tertiary alicyclic amines) is 1. The minimum atomic E-state index is 0.0783. The molecular formula is C13H24N2O2. The lowest BCUT2D eigenvalue weighted by Crippen LogP contribution is -2.47. The Hall–Kier alpha value is -0.610. The maximum atomic E-state index is 12.2. The van der Waals surface area contributed by atoms with Crippen LogP contribution in [0.3, 0.4) is 0 Å². The topological polar surface area (TPSA) is 41.6 Å². The van der Waals surface area contributed by atoms with E-state index in [1.54, 1.807) is 0 Å². The summed E-state index contributed by atoms with van der Waals surface area (Å²) in [5, 5.41) is 3.33. The predicted molar refractivity (Wildman–Crippen MR) is 66.8 cm³/mol. The molecule has 4 heteroatoms. The molecule has 0 unspecified atom stereocenters. The molecule has 1 amide bonds. The van der Waals surface area contributed by atoms with Crippen LogP contribution in [0, 0.1) is 5.92 Å². The molecule has 2 saturated heterocycles. The Kier molecular flexibility index (Phi) is 4.80. The van der Waals surface area contributed by atoms with Crippen molar-refractivity contribution in [2.75, 3.05) is 32.8 Å². The fourth-order valence-corrected chi connectivity index (χ4v) is 2.74. The molecule has 0 aromatic rings. The van der Waals surface area contributed by atoms with Crippen molar-refractivity contribution in [1.29, 1.82) is 0 Å². The standard InChI is InChI=1S/C13H24N2O2/c1-2-17-10-11-6-8-15(9-11)13(16)12-5-3-4-7-14-12/h11-12,14H,2-10H2,1H3/t11-,12-/m1/s1. The Bertz CT molecular complexity index is 252. The average molecular weight is 240 g/mol. The number of hydrogen-bond donors (Lipinski definition) is 1. The van der Waals surface area contributed by atoms with Crippen molar-refractivity contribution >= 4 is 5.91 Å². The number of piperidine rings is 1. The summed E-state index contributed by atoms with van der Waals surface area (Å²) >= 11 is 0. The molecule has 2 aliphatic rings. The van der Waals surface area contributed by atoms with E-state index in [9.17, 15) is 4.79 Å². The third-order valence-corrected chi connectivity index (χ3v) is 3.76. The third-order valence-electron chi connectivity index (χ3n) is 3.76. The quantitative estimate of drug-likeness (QED) is 0.797. The molecule has 2 atom stereocenters. The molecule has 0 saturated carbocycles. The van der Waals surface area contributed by atoms with E-state index in [-0.39, 0.29) is 6.04 Å². The van der Waals surface area contributed by atoms with Crippen molar-refractivity contribution in [3.8, 4) is 0 Å². The van der Waals surface area contributed by atoms with Crippen molar-refractivity contribution in [2.45, 2.75) is 38.6 Å². The fourth-order valence-electron chi connectivity index (χ4n) is 2.74. The van der Waals surface area contributed by atoms with Crippen LogP contribution in [0.2, 0.25) is 0 Å². The summed E-state index contributed by atoms with van der Waals surface area (Å²) in [7, 11) is 0. The van der Waals surface area contributed by atoms with E-state index in [0.717, 1.165) is 45.7 Å². The van der Waals surface area contributed by atoms with E-state index in [1.807, 2.05) is 11.8 Å². The second-order valence-electron chi connectivity index (χ2n) is 5.10. The third kappa shape index (κ3) is 3.42. The van der Waals surface area contributed by atoms with Crippen molar-refractivity contribution in [3.05, 3.63) is 0 Å². The first-order valence-corrected chi connectivity index (χ1v) is 6.91. The van der Waals surface area contributed by atoms with Gasteiger partial charge in [0.25, 0.3) is 0 Å². The number of rotatable bonds is 4. The number of nitrogens with one attached hydrogen (secondary N) is 1. The van der Waals surface area contributed by atoms with Gasteiger partial charge in [0.15, 0.2) is 0 Å². The van der Waals surface area contributed by atoms with Gasteiger partial charge in [0.1, 0.15) is 0 Å². The summed E-state index contributed by atoms with van der Waals surface area (Å²) in [6, 6.07) is 0.0783. The second kappa shape index (κ2) is 6.36. The summed E-state index contributed by atoms with van der Waals surface area (Å²) in [5.41, 5.74) is 0. The molecule has 0 spiro atoms. The van der Waals surface area contributed by atoms with E-state index in [0.29, 0.717) is 11.8 Å². The van der Waals surface area contributed by atoms with Gasteiger partial charge in [-0.1, -0.05) is 6.42 Å². The van der Waals surface area contributed by atoms with Gasteiger partial charge in [0, 0.05) is 25.6 Å². The highest BCUT2D eigenvalue weighted by Gasteiger charge is 2.31. The smallest absolute Gasteiger partial charge is 0.239 e. The van der Waals surface area contributed by atoms with Gasteiger partial charge >= 0.3 is 0 Å². The van der Waals surface area contributed by atoms with Crippen molar-refractivity contribution < 1.29 is 9.53 Å². The molecule has 0 bridgehead atoms. The van der Waals surface area contributed by atoms with Gasteiger partial charge in [-0.05, 0) is 32.7 Å². The molecule has 0 aromatic heterocycles. The van der Waals surface area contributed by atoms with Crippen LogP contribution in [0.4, 0.5) is 0 Å². The van der Waals surface area contributed by atoms with Crippen LogP contribution in [0.15, 0.2) is 0 Å². The zero-order valence-corrected chi connectivity index (χ0v) is 10.8. The highest BCUT2D eigenvalue weighted by Crippen LogP contribution is 2.19. The van der Waals surface area contributed by atoms with E-state index in [2.05, 4.69) is 5.32 Å². The average Bonchev–Trinajstić information content (AvgIpc) is 2.85. The molecule has 17 heavy (non-hydrogen) atoms. The van der Waals surface area contributed by atoms with Crippen LogP contribution < -0.4 is 5.32 Å². The van der Waals surface area contributed by atoms with Gasteiger partial charge < -0.3 is 15.0 Å². The van der Waals surface area contributed by atoms with Crippen molar-refractivity contribution in [1.82, 2.24) is 10.2 Å². The van der Waals surface area contributed by atoms with Crippen molar-refractivity contribution in [3.63, 3.8) is 0 Å². The molecule has 2 fully saturated rings. The largest absolute Gasteiger partial charge is 0.381 e. The summed E-state index contributed by atoms with van der Waals surface area (Å²) in [5.74, 6) is 0.853. The molecule has 2 rings (SSSR count). The molecule has 98 valence electrons. The molecule has 1 N–H and O–H groups in total. The summed E-state index contributed by atoms with van der Waals surface area (Å²) < 4.78 is 5.44. The van der Waals surface area contributed by atoms with Gasteiger partial charge in [-0.25, -0.2) is 0 Å².